The summed E-state index contributed by atoms with van der Waals surface area (Å²) in [6.07, 6.45) is 0.423. The molecule has 0 saturated heterocycles. The Bertz CT molecular complexity index is 291. The van der Waals surface area contributed by atoms with Crippen molar-refractivity contribution in [3.63, 3.8) is 0 Å². The first-order chi connectivity index (χ1) is 6.63. The molecule has 0 bridgehead atoms. The van der Waals surface area contributed by atoms with Crippen LogP contribution in [-0.2, 0) is 9.59 Å². The van der Waals surface area contributed by atoms with Gasteiger partial charge in [-0.25, -0.2) is 0 Å². The molecular weight excluding hydrogens is 192 g/mol. The SMILES string of the molecule is CCC(=O)C(C)(C)N=NC(C)(C)C(C)=O. The molecule has 0 N–H and O–H groups in total. The normalized spacial score (nSPS) is 13.2. The van der Waals surface area contributed by atoms with E-state index in [2.05, 4.69) is 10.2 Å². The molecule has 0 aromatic carbocycles. The summed E-state index contributed by atoms with van der Waals surface area (Å²) in [4.78, 5) is 22.7. The standard InChI is InChI=1S/C11H20N2O2/c1-7-9(15)11(5,6)13-12-10(3,4)8(2)14/h7H2,1-6H3. The lowest BCUT2D eigenvalue weighted by atomic mass is 9.98. The molecule has 86 valence electrons. The highest BCUT2D eigenvalue weighted by molar-refractivity contribution is 5.87. The van der Waals surface area contributed by atoms with Crippen molar-refractivity contribution in [3.05, 3.63) is 0 Å². The number of carbonyl (C=O) groups is 2. The van der Waals surface area contributed by atoms with Gasteiger partial charge in [0.05, 0.1) is 0 Å². The number of hydrogen-bond acceptors (Lipinski definition) is 4. The van der Waals surface area contributed by atoms with Gasteiger partial charge in [0.1, 0.15) is 11.1 Å². The quantitative estimate of drug-likeness (QED) is 0.657. The highest BCUT2D eigenvalue weighted by Crippen LogP contribution is 2.18. The second-order valence-electron chi connectivity index (χ2n) is 4.65. The minimum absolute atomic E-state index is 0.0191. The minimum Gasteiger partial charge on any atom is -0.297 e. The van der Waals surface area contributed by atoms with Crippen molar-refractivity contribution in [2.75, 3.05) is 0 Å². The lowest BCUT2D eigenvalue weighted by molar-refractivity contribution is -0.124. The van der Waals surface area contributed by atoms with E-state index in [1.54, 1.807) is 34.6 Å². The maximum absolute atomic E-state index is 11.5. The summed E-state index contributed by atoms with van der Waals surface area (Å²) in [6.45, 7) is 10.0. The van der Waals surface area contributed by atoms with Crippen LogP contribution in [0.4, 0.5) is 0 Å². The molecule has 0 aromatic rings. The summed E-state index contributed by atoms with van der Waals surface area (Å²) in [5.74, 6) is -0.0448. The first-order valence-corrected chi connectivity index (χ1v) is 5.12. The monoisotopic (exact) mass is 212 g/mol. The predicted molar refractivity (Wildman–Crippen MR) is 59.0 cm³/mol. The van der Waals surface area contributed by atoms with E-state index in [1.165, 1.54) is 6.92 Å². The van der Waals surface area contributed by atoms with Gasteiger partial charge in [-0.3, -0.25) is 9.59 Å². The molecule has 4 nitrogen and oxygen atoms in total. The molecule has 0 atom stereocenters. The third-order valence-electron chi connectivity index (χ3n) is 2.42. The second kappa shape index (κ2) is 4.64. The van der Waals surface area contributed by atoms with Gasteiger partial charge < -0.3 is 0 Å². The van der Waals surface area contributed by atoms with Crippen LogP contribution in [0.1, 0.15) is 48.0 Å². The lowest BCUT2D eigenvalue weighted by Crippen LogP contribution is -2.31. The fourth-order valence-electron chi connectivity index (χ4n) is 0.809. The summed E-state index contributed by atoms with van der Waals surface area (Å²) in [5, 5.41) is 7.93. The molecule has 0 rings (SSSR count). The van der Waals surface area contributed by atoms with Gasteiger partial charge in [0.15, 0.2) is 11.6 Å². The van der Waals surface area contributed by atoms with Crippen molar-refractivity contribution in [1.29, 1.82) is 0 Å². The highest BCUT2D eigenvalue weighted by atomic mass is 16.1. The number of azo groups is 1. The van der Waals surface area contributed by atoms with E-state index in [-0.39, 0.29) is 11.6 Å². The van der Waals surface area contributed by atoms with Gasteiger partial charge in [0, 0.05) is 6.42 Å². The van der Waals surface area contributed by atoms with Crippen molar-refractivity contribution in [2.24, 2.45) is 10.2 Å². The van der Waals surface area contributed by atoms with Gasteiger partial charge in [0.25, 0.3) is 0 Å². The Labute approximate surface area is 91.2 Å². The molecule has 4 heteroatoms. The molecule has 0 saturated carbocycles. The zero-order valence-electron chi connectivity index (χ0n) is 10.4. The van der Waals surface area contributed by atoms with E-state index >= 15 is 0 Å². The van der Waals surface area contributed by atoms with Gasteiger partial charge in [-0.2, -0.15) is 10.2 Å². The Morgan fingerprint density at radius 2 is 1.40 bits per heavy atom. The number of carbonyl (C=O) groups excluding carboxylic acids is 2. The smallest absolute Gasteiger partial charge is 0.161 e. The third-order valence-corrected chi connectivity index (χ3v) is 2.42. The van der Waals surface area contributed by atoms with E-state index in [0.717, 1.165) is 0 Å². The van der Waals surface area contributed by atoms with Crippen molar-refractivity contribution in [3.8, 4) is 0 Å². The van der Waals surface area contributed by atoms with Crippen LogP contribution in [0.5, 0.6) is 0 Å². The van der Waals surface area contributed by atoms with Crippen molar-refractivity contribution in [1.82, 2.24) is 0 Å². The highest BCUT2D eigenvalue weighted by Gasteiger charge is 2.28. The van der Waals surface area contributed by atoms with E-state index in [1.807, 2.05) is 0 Å². The zero-order chi connectivity index (χ0) is 12.3. The van der Waals surface area contributed by atoms with Gasteiger partial charge in [-0.05, 0) is 34.6 Å². The van der Waals surface area contributed by atoms with Crippen LogP contribution in [0.3, 0.4) is 0 Å². The van der Waals surface area contributed by atoms with Gasteiger partial charge in [0.2, 0.25) is 0 Å². The molecule has 0 fully saturated rings. The van der Waals surface area contributed by atoms with E-state index in [0.29, 0.717) is 6.42 Å². The van der Waals surface area contributed by atoms with Crippen LogP contribution < -0.4 is 0 Å². The molecule has 0 unspecified atom stereocenters. The van der Waals surface area contributed by atoms with E-state index in [9.17, 15) is 9.59 Å². The summed E-state index contributed by atoms with van der Waals surface area (Å²) in [7, 11) is 0. The molecule has 0 radical (unpaired) electrons. The van der Waals surface area contributed by atoms with Crippen LogP contribution in [-0.4, -0.2) is 22.6 Å². The number of hydrogen-bond donors (Lipinski definition) is 0. The van der Waals surface area contributed by atoms with Gasteiger partial charge in [-0.1, -0.05) is 6.92 Å². The molecular formula is C11H20N2O2. The first-order valence-electron chi connectivity index (χ1n) is 5.12. The van der Waals surface area contributed by atoms with Crippen molar-refractivity contribution >= 4 is 11.6 Å². The molecule has 0 aliphatic rings. The Morgan fingerprint density at radius 3 is 1.73 bits per heavy atom. The van der Waals surface area contributed by atoms with E-state index < -0.39 is 11.1 Å². The topological polar surface area (TPSA) is 58.9 Å². The van der Waals surface area contributed by atoms with Crippen LogP contribution in [0, 0.1) is 0 Å². The number of rotatable bonds is 5. The second-order valence-corrected chi connectivity index (χ2v) is 4.65. The minimum atomic E-state index is -0.842. The van der Waals surface area contributed by atoms with Gasteiger partial charge >= 0.3 is 0 Å². The maximum atomic E-state index is 11.5. The summed E-state index contributed by atoms with van der Waals surface area (Å²) in [6, 6.07) is 0. The Morgan fingerprint density at radius 1 is 1.00 bits per heavy atom. The van der Waals surface area contributed by atoms with Crippen LogP contribution >= 0.6 is 0 Å². The average Bonchev–Trinajstić information content (AvgIpc) is 2.13. The van der Waals surface area contributed by atoms with Crippen LogP contribution in [0.2, 0.25) is 0 Å². The Kier molecular flexibility index (Phi) is 4.31. The van der Waals surface area contributed by atoms with Crippen molar-refractivity contribution in [2.45, 2.75) is 59.0 Å². The Hall–Kier alpha value is -1.06. The molecule has 15 heavy (non-hydrogen) atoms. The lowest BCUT2D eigenvalue weighted by Gasteiger charge is -2.19. The fourth-order valence-corrected chi connectivity index (χ4v) is 0.809. The zero-order valence-corrected chi connectivity index (χ0v) is 10.4. The predicted octanol–water partition coefficient (Wildman–Crippen LogP) is 2.56. The number of nitrogens with zero attached hydrogens (tertiary/aromatic N) is 2. The summed E-state index contributed by atoms with van der Waals surface area (Å²) in [5.41, 5.74) is -1.67. The molecule has 0 aliphatic heterocycles. The fraction of sp³-hybridized carbons (Fsp3) is 0.818. The van der Waals surface area contributed by atoms with Crippen LogP contribution in [0.15, 0.2) is 10.2 Å². The maximum Gasteiger partial charge on any atom is 0.161 e. The van der Waals surface area contributed by atoms with Crippen molar-refractivity contribution < 1.29 is 9.59 Å². The first kappa shape index (κ1) is 13.9. The molecule has 0 heterocycles. The third kappa shape index (κ3) is 3.90. The molecule has 0 spiro atoms. The Balaban J connectivity index is 4.80. The summed E-state index contributed by atoms with van der Waals surface area (Å²) < 4.78 is 0. The average molecular weight is 212 g/mol. The van der Waals surface area contributed by atoms with E-state index in [4.69, 9.17) is 0 Å². The summed E-state index contributed by atoms with van der Waals surface area (Å²) >= 11 is 0. The molecule has 0 aromatic heterocycles. The number of ketones is 2. The molecule has 0 amide bonds. The van der Waals surface area contributed by atoms with Gasteiger partial charge in [-0.15, -0.1) is 0 Å². The molecule has 0 aliphatic carbocycles. The number of Topliss-reactive ketones (excluding diaryl/α,β-unsaturated/α-hetero) is 2. The largest absolute Gasteiger partial charge is 0.297 e. The van der Waals surface area contributed by atoms with Crippen LogP contribution in [0.25, 0.3) is 0 Å².